The molecule has 3 rings (SSSR count). The smallest absolute Gasteiger partial charge is 0.252 e. The molecule has 0 saturated carbocycles. The van der Waals surface area contributed by atoms with Crippen molar-refractivity contribution in [2.24, 2.45) is 0 Å². The lowest BCUT2D eigenvalue weighted by Gasteiger charge is -2.40. The van der Waals surface area contributed by atoms with Crippen LogP contribution in [0.4, 0.5) is 15.8 Å². The Morgan fingerprint density at radius 1 is 1.23 bits per heavy atom. The molecule has 1 aliphatic rings. The van der Waals surface area contributed by atoms with Crippen molar-refractivity contribution in [3.8, 4) is 0 Å². The molecule has 0 aliphatic carbocycles. The molecular formula is C17H18ClFN4OS2. The van der Waals surface area contributed by atoms with E-state index < -0.39 is 0 Å². The summed E-state index contributed by atoms with van der Waals surface area (Å²) in [7, 11) is 0. The topological polar surface area (TPSA) is 47.6 Å². The van der Waals surface area contributed by atoms with Crippen LogP contribution in [0.2, 0.25) is 5.02 Å². The highest BCUT2D eigenvalue weighted by molar-refractivity contribution is 8.10. The molecular weight excluding hydrogens is 395 g/mol. The van der Waals surface area contributed by atoms with Crippen molar-refractivity contribution < 1.29 is 9.18 Å². The Bertz CT molecular complexity index is 747. The summed E-state index contributed by atoms with van der Waals surface area (Å²) in [6, 6.07) is 13.3. The van der Waals surface area contributed by atoms with Gasteiger partial charge in [-0.1, -0.05) is 11.6 Å². The molecule has 2 N–H and O–H groups in total. The lowest BCUT2D eigenvalue weighted by Crippen LogP contribution is -2.49. The summed E-state index contributed by atoms with van der Waals surface area (Å²) in [5.41, 5.74) is 7.14. The zero-order chi connectivity index (χ0) is 18.5. The predicted octanol–water partition coefficient (Wildman–Crippen LogP) is 3.61. The van der Waals surface area contributed by atoms with E-state index >= 15 is 0 Å². The maximum Gasteiger partial charge on any atom is 0.252 e. The van der Waals surface area contributed by atoms with Crippen molar-refractivity contribution >= 4 is 53.3 Å². The molecule has 1 unspecified atom stereocenters. The van der Waals surface area contributed by atoms with Crippen LogP contribution in [0.1, 0.15) is 0 Å². The van der Waals surface area contributed by atoms with Crippen LogP contribution in [0, 0.1) is 5.82 Å². The van der Waals surface area contributed by atoms with Crippen molar-refractivity contribution in [3.63, 3.8) is 0 Å². The number of halogens is 2. The maximum absolute atomic E-state index is 13.1. The minimum atomic E-state index is -0.279. The largest absolute Gasteiger partial charge is 0.338 e. The lowest BCUT2D eigenvalue weighted by molar-refractivity contribution is -0.121. The SMILES string of the molecule is O=C(CN1CSC(S)N(c2ccc(F)cc2)C1)NNc1ccc(Cl)cc1. The van der Waals surface area contributed by atoms with Gasteiger partial charge in [0.15, 0.2) is 0 Å². The van der Waals surface area contributed by atoms with Crippen LogP contribution in [-0.2, 0) is 4.79 Å². The molecule has 138 valence electrons. The van der Waals surface area contributed by atoms with Crippen LogP contribution in [0.25, 0.3) is 0 Å². The third-order valence-electron chi connectivity index (χ3n) is 3.74. The zero-order valence-electron chi connectivity index (χ0n) is 13.7. The molecule has 9 heteroatoms. The molecule has 26 heavy (non-hydrogen) atoms. The number of thiol groups is 1. The molecule has 1 atom stereocenters. The number of rotatable bonds is 5. The quantitative estimate of drug-likeness (QED) is 0.517. The van der Waals surface area contributed by atoms with Gasteiger partial charge in [-0.25, -0.2) is 4.39 Å². The van der Waals surface area contributed by atoms with Gasteiger partial charge in [0.05, 0.1) is 18.9 Å². The number of hydrazine groups is 1. The van der Waals surface area contributed by atoms with Gasteiger partial charge < -0.3 is 4.90 Å². The van der Waals surface area contributed by atoms with Gasteiger partial charge in [-0.05, 0) is 48.5 Å². The average molecular weight is 413 g/mol. The standard InChI is InChI=1S/C17H18ClFN4OS2/c18-12-1-5-14(6-2-12)20-21-16(24)9-22-10-23(17(25)26-11-22)15-7-3-13(19)4-8-15/h1-8,17,20,25H,9-11H2,(H,21,24). The van der Waals surface area contributed by atoms with E-state index in [1.807, 2.05) is 9.80 Å². The summed E-state index contributed by atoms with van der Waals surface area (Å²) in [6.07, 6.45) is 0. The fourth-order valence-electron chi connectivity index (χ4n) is 2.44. The normalized spacial score (nSPS) is 17.8. The minimum Gasteiger partial charge on any atom is -0.338 e. The highest BCUT2D eigenvalue weighted by atomic mass is 35.5. The summed E-state index contributed by atoms with van der Waals surface area (Å²) >= 11 is 12.0. The Balaban J connectivity index is 1.53. The number of benzene rings is 2. The van der Waals surface area contributed by atoms with E-state index in [-0.39, 0.29) is 23.0 Å². The summed E-state index contributed by atoms with van der Waals surface area (Å²) in [5, 5.41) is 0.634. The van der Waals surface area contributed by atoms with Crippen LogP contribution in [0.15, 0.2) is 48.5 Å². The monoisotopic (exact) mass is 412 g/mol. The number of nitrogens with one attached hydrogen (secondary N) is 2. The number of carbonyl (C=O) groups excluding carboxylic acids is 1. The van der Waals surface area contributed by atoms with E-state index in [1.165, 1.54) is 12.1 Å². The van der Waals surface area contributed by atoms with Crippen LogP contribution in [0.5, 0.6) is 0 Å². The number of hydrogen-bond donors (Lipinski definition) is 3. The summed E-state index contributed by atoms with van der Waals surface area (Å²) in [6.45, 7) is 0.757. The first kappa shape index (κ1) is 19.2. The highest BCUT2D eigenvalue weighted by Gasteiger charge is 2.26. The molecule has 0 aromatic heterocycles. The Kier molecular flexibility index (Phi) is 6.53. The first-order valence-corrected chi connectivity index (χ1v) is 9.80. The Hall–Kier alpha value is -1.61. The van der Waals surface area contributed by atoms with Gasteiger partial charge in [0.1, 0.15) is 10.5 Å². The second-order valence-electron chi connectivity index (χ2n) is 5.72. The van der Waals surface area contributed by atoms with E-state index in [4.69, 9.17) is 11.6 Å². The number of hydrogen-bond acceptors (Lipinski definition) is 6. The van der Waals surface area contributed by atoms with Crippen molar-refractivity contribution in [1.29, 1.82) is 0 Å². The number of thioether (sulfide) groups is 1. The van der Waals surface area contributed by atoms with Gasteiger partial charge in [-0.3, -0.25) is 20.5 Å². The molecule has 2 aromatic rings. The number of amides is 1. The van der Waals surface area contributed by atoms with Crippen molar-refractivity contribution in [1.82, 2.24) is 10.3 Å². The average Bonchev–Trinajstić information content (AvgIpc) is 2.64. The van der Waals surface area contributed by atoms with Crippen LogP contribution in [0.3, 0.4) is 0 Å². The molecule has 1 heterocycles. The van der Waals surface area contributed by atoms with Gasteiger partial charge in [-0.2, -0.15) is 0 Å². The van der Waals surface area contributed by atoms with Gasteiger partial charge >= 0.3 is 0 Å². The fourth-order valence-corrected chi connectivity index (χ4v) is 3.86. The van der Waals surface area contributed by atoms with Crippen molar-refractivity contribution in [2.75, 3.05) is 29.4 Å². The third-order valence-corrected chi connectivity index (χ3v) is 5.79. The number of nitrogens with zero attached hydrogens (tertiary/aromatic N) is 2. The summed E-state index contributed by atoms with van der Waals surface area (Å²) in [5.74, 6) is 0.246. The minimum absolute atomic E-state index is 0.0491. The molecule has 0 bridgehead atoms. The molecule has 0 spiro atoms. The fraction of sp³-hybridized carbons (Fsp3) is 0.235. The van der Waals surface area contributed by atoms with Gasteiger partial charge in [0.25, 0.3) is 5.91 Å². The zero-order valence-corrected chi connectivity index (χ0v) is 16.2. The Labute approximate surface area is 166 Å². The maximum atomic E-state index is 13.1. The van der Waals surface area contributed by atoms with Crippen LogP contribution in [-0.4, -0.2) is 34.6 Å². The van der Waals surface area contributed by atoms with E-state index in [2.05, 4.69) is 23.5 Å². The van der Waals surface area contributed by atoms with E-state index in [9.17, 15) is 9.18 Å². The van der Waals surface area contributed by atoms with Crippen molar-refractivity contribution in [3.05, 3.63) is 59.4 Å². The van der Waals surface area contributed by atoms with E-state index in [1.54, 1.807) is 48.2 Å². The van der Waals surface area contributed by atoms with Crippen molar-refractivity contribution in [2.45, 2.75) is 4.71 Å². The van der Waals surface area contributed by atoms with Crippen LogP contribution >= 0.6 is 36.0 Å². The summed E-state index contributed by atoms with van der Waals surface area (Å²) < 4.78 is 13.1. The first-order chi connectivity index (χ1) is 12.5. The molecule has 1 aliphatic heterocycles. The van der Waals surface area contributed by atoms with Crippen LogP contribution < -0.4 is 15.8 Å². The Morgan fingerprint density at radius 2 is 1.92 bits per heavy atom. The second kappa shape index (κ2) is 8.85. The highest BCUT2D eigenvalue weighted by Crippen LogP contribution is 2.30. The third kappa shape index (κ3) is 5.20. The lowest BCUT2D eigenvalue weighted by atomic mass is 10.3. The number of anilines is 2. The van der Waals surface area contributed by atoms with Gasteiger partial charge in [-0.15, -0.1) is 24.4 Å². The summed E-state index contributed by atoms with van der Waals surface area (Å²) in [4.78, 5) is 16.2. The van der Waals surface area contributed by atoms with Gasteiger partial charge in [0, 0.05) is 16.6 Å². The molecule has 1 amide bonds. The molecule has 1 saturated heterocycles. The molecule has 0 radical (unpaired) electrons. The molecule has 2 aromatic carbocycles. The van der Waals surface area contributed by atoms with E-state index in [0.29, 0.717) is 17.6 Å². The predicted molar refractivity (Wildman–Crippen MR) is 109 cm³/mol. The first-order valence-electron chi connectivity index (χ1n) is 7.86. The Morgan fingerprint density at radius 3 is 2.62 bits per heavy atom. The number of carbonyl (C=O) groups is 1. The second-order valence-corrected chi connectivity index (χ2v) is 8.03. The molecule has 1 fully saturated rings. The van der Waals surface area contributed by atoms with E-state index in [0.717, 1.165) is 11.4 Å². The molecule has 5 nitrogen and oxygen atoms in total. The van der Waals surface area contributed by atoms with Gasteiger partial charge in [0.2, 0.25) is 0 Å².